The molecule has 3 rings (SSSR count). The molecule has 0 fully saturated rings. The second kappa shape index (κ2) is 9.13. The van der Waals surface area contributed by atoms with E-state index in [1.165, 1.54) is 15.6 Å². The standard InChI is InChI=1S/C23H24ClN3O3/c1-15-11-16(2)13-18(12-15)30-10-9-26(4)23(29)22-21(28)14-17(3)27(25-22)20-8-6-5-7-19(20)24/h5-8,11-14H,9-10H2,1-4H3. The van der Waals surface area contributed by atoms with Gasteiger partial charge in [-0.05, 0) is 56.2 Å². The summed E-state index contributed by atoms with van der Waals surface area (Å²) in [6, 6.07) is 14.5. The van der Waals surface area contributed by atoms with Crippen molar-refractivity contribution in [2.24, 2.45) is 0 Å². The minimum absolute atomic E-state index is 0.158. The second-order valence-electron chi connectivity index (χ2n) is 7.26. The van der Waals surface area contributed by atoms with Crippen molar-refractivity contribution in [1.29, 1.82) is 0 Å². The Labute approximate surface area is 180 Å². The largest absolute Gasteiger partial charge is 0.492 e. The van der Waals surface area contributed by atoms with E-state index in [2.05, 4.69) is 11.2 Å². The first kappa shape index (κ1) is 21.6. The molecule has 0 spiro atoms. The molecule has 1 aromatic heterocycles. The number of aryl methyl sites for hydroxylation is 3. The number of ether oxygens (including phenoxy) is 1. The van der Waals surface area contributed by atoms with Gasteiger partial charge in [0.15, 0.2) is 5.69 Å². The number of carbonyl (C=O) groups excluding carboxylic acids is 1. The molecule has 0 unspecified atom stereocenters. The fourth-order valence-electron chi connectivity index (χ4n) is 3.16. The van der Waals surface area contributed by atoms with Gasteiger partial charge in [-0.2, -0.15) is 5.10 Å². The van der Waals surface area contributed by atoms with Crippen molar-refractivity contribution < 1.29 is 9.53 Å². The Hall–Kier alpha value is -3.12. The van der Waals surface area contributed by atoms with Crippen LogP contribution in [0.4, 0.5) is 0 Å². The second-order valence-corrected chi connectivity index (χ2v) is 7.67. The Morgan fingerprint density at radius 1 is 1.10 bits per heavy atom. The highest BCUT2D eigenvalue weighted by Crippen LogP contribution is 2.20. The van der Waals surface area contributed by atoms with Gasteiger partial charge in [0.25, 0.3) is 5.91 Å². The lowest BCUT2D eigenvalue weighted by molar-refractivity contribution is 0.0764. The topological polar surface area (TPSA) is 64.4 Å². The minimum atomic E-state index is -0.468. The zero-order chi connectivity index (χ0) is 21.8. The van der Waals surface area contributed by atoms with Gasteiger partial charge in [-0.1, -0.05) is 29.8 Å². The lowest BCUT2D eigenvalue weighted by atomic mass is 10.1. The molecule has 1 heterocycles. The number of hydrogen-bond acceptors (Lipinski definition) is 4. The van der Waals surface area contributed by atoms with Crippen molar-refractivity contribution in [3.63, 3.8) is 0 Å². The predicted molar refractivity (Wildman–Crippen MR) is 118 cm³/mol. The van der Waals surface area contributed by atoms with Gasteiger partial charge in [-0.3, -0.25) is 9.59 Å². The number of amides is 1. The fraction of sp³-hybridized carbons (Fsp3) is 0.261. The number of rotatable bonds is 6. The summed E-state index contributed by atoms with van der Waals surface area (Å²) in [6.45, 7) is 6.36. The summed E-state index contributed by atoms with van der Waals surface area (Å²) >= 11 is 6.26. The minimum Gasteiger partial charge on any atom is -0.492 e. The molecule has 0 aliphatic rings. The molecule has 156 valence electrons. The molecule has 6 nitrogen and oxygen atoms in total. The molecule has 0 aliphatic carbocycles. The Bertz CT molecular complexity index is 1120. The highest BCUT2D eigenvalue weighted by atomic mass is 35.5. The van der Waals surface area contributed by atoms with Crippen molar-refractivity contribution in [2.75, 3.05) is 20.2 Å². The highest BCUT2D eigenvalue weighted by molar-refractivity contribution is 6.32. The summed E-state index contributed by atoms with van der Waals surface area (Å²) in [5.74, 6) is 0.285. The van der Waals surface area contributed by atoms with Gasteiger partial charge in [0.1, 0.15) is 12.4 Å². The molecule has 0 N–H and O–H groups in total. The third kappa shape index (κ3) is 4.89. The van der Waals surface area contributed by atoms with E-state index in [0.717, 1.165) is 16.9 Å². The molecule has 0 saturated carbocycles. The maximum atomic E-state index is 12.9. The number of aromatic nitrogens is 2. The summed E-state index contributed by atoms with van der Waals surface area (Å²) in [4.78, 5) is 26.7. The van der Waals surface area contributed by atoms with E-state index in [9.17, 15) is 9.59 Å². The summed E-state index contributed by atoms with van der Waals surface area (Å²) in [7, 11) is 1.62. The van der Waals surface area contributed by atoms with Crippen LogP contribution < -0.4 is 10.2 Å². The van der Waals surface area contributed by atoms with E-state index < -0.39 is 11.3 Å². The van der Waals surface area contributed by atoms with Crippen LogP contribution in [0.15, 0.2) is 53.3 Å². The van der Waals surface area contributed by atoms with Crippen molar-refractivity contribution >= 4 is 17.5 Å². The maximum absolute atomic E-state index is 12.9. The molecule has 0 saturated heterocycles. The molecule has 0 aliphatic heterocycles. The molecular formula is C23H24ClN3O3. The molecule has 0 radical (unpaired) electrons. The maximum Gasteiger partial charge on any atom is 0.278 e. The van der Waals surface area contributed by atoms with E-state index in [0.29, 0.717) is 29.6 Å². The van der Waals surface area contributed by atoms with Crippen molar-refractivity contribution in [3.8, 4) is 11.4 Å². The van der Waals surface area contributed by atoms with Crippen molar-refractivity contribution in [1.82, 2.24) is 14.7 Å². The number of halogens is 1. The average Bonchev–Trinajstić information content (AvgIpc) is 2.67. The van der Waals surface area contributed by atoms with Crippen LogP contribution >= 0.6 is 11.6 Å². The number of likely N-dealkylation sites (N-methyl/N-ethyl adjacent to an activating group) is 1. The molecule has 0 atom stereocenters. The number of nitrogens with zero attached hydrogens (tertiary/aromatic N) is 3. The quantitative estimate of drug-likeness (QED) is 0.599. The van der Waals surface area contributed by atoms with Gasteiger partial charge in [0.2, 0.25) is 5.43 Å². The third-order valence-electron chi connectivity index (χ3n) is 4.63. The van der Waals surface area contributed by atoms with E-state index in [1.807, 2.05) is 32.0 Å². The lowest BCUT2D eigenvalue weighted by Gasteiger charge is -2.18. The lowest BCUT2D eigenvalue weighted by Crippen LogP contribution is -2.36. The van der Waals surface area contributed by atoms with Gasteiger partial charge in [-0.25, -0.2) is 4.68 Å². The van der Waals surface area contributed by atoms with Gasteiger partial charge >= 0.3 is 0 Å². The number of carbonyl (C=O) groups is 1. The van der Waals surface area contributed by atoms with Crippen LogP contribution in [-0.4, -0.2) is 40.8 Å². The van der Waals surface area contributed by atoms with Crippen LogP contribution in [0.5, 0.6) is 5.75 Å². The van der Waals surface area contributed by atoms with Crippen LogP contribution in [0.2, 0.25) is 5.02 Å². The van der Waals surface area contributed by atoms with Crippen LogP contribution in [0.3, 0.4) is 0 Å². The zero-order valence-corrected chi connectivity index (χ0v) is 18.2. The SMILES string of the molecule is Cc1cc(C)cc(OCCN(C)C(=O)c2nn(-c3ccccc3Cl)c(C)cc2=O)c1. The Morgan fingerprint density at radius 3 is 2.43 bits per heavy atom. The molecular weight excluding hydrogens is 402 g/mol. The average molecular weight is 426 g/mol. The Balaban J connectivity index is 1.76. The molecule has 0 bridgehead atoms. The third-order valence-corrected chi connectivity index (χ3v) is 4.95. The van der Waals surface area contributed by atoms with E-state index in [4.69, 9.17) is 16.3 Å². The highest BCUT2D eigenvalue weighted by Gasteiger charge is 2.19. The fourth-order valence-corrected chi connectivity index (χ4v) is 3.38. The van der Waals surface area contributed by atoms with E-state index in [1.54, 1.807) is 32.2 Å². The first-order valence-electron chi connectivity index (χ1n) is 9.58. The van der Waals surface area contributed by atoms with Crippen molar-refractivity contribution in [3.05, 3.63) is 86.3 Å². The number of para-hydroxylation sites is 1. The van der Waals surface area contributed by atoms with Crippen molar-refractivity contribution in [2.45, 2.75) is 20.8 Å². The summed E-state index contributed by atoms with van der Waals surface area (Å²) in [5.41, 5.74) is 2.83. The van der Waals surface area contributed by atoms with Gasteiger partial charge in [0, 0.05) is 18.8 Å². The predicted octanol–water partition coefficient (Wildman–Crippen LogP) is 3.96. The van der Waals surface area contributed by atoms with E-state index in [-0.39, 0.29) is 5.69 Å². The first-order valence-corrected chi connectivity index (χ1v) is 9.96. The van der Waals surface area contributed by atoms with Gasteiger partial charge < -0.3 is 9.64 Å². The Morgan fingerprint density at radius 2 is 1.77 bits per heavy atom. The smallest absolute Gasteiger partial charge is 0.278 e. The summed E-state index contributed by atoms with van der Waals surface area (Å²) < 4.78 is 7.28. The summed E-state index contributed by atoms with van der Waals surface area (Å²) in [6.07, 6.45) is 0. The molecule has 7 heteroatoms. The van der Waals surface area contributed by atoms with Gasteiger partial charge in [0.05, 0.1) is 17.3 Å². The number of benzene rings is 2. The number of hydrogen-bond donors (Lipinski definition) is 0. The van der Waals surface area contributed by atoms with Gasteiger partial charge in [-0.15, -0.1) is 0 Å². The normalized spacial score (nSPS) is 10.7. The van der Waals surface area contributed by atoms with Crippen LogP contribution in [-0.2, 0) is 0 Å². The van der Waals surface area contributed by atoms with E-state index >= 15 is 0 Å². The molecule has 1 amide bonds. The first-order chi connectivity index (χ1) is 14.3. The molecule has 30 heavy (non-hydrogen) atoms. The Kier molecular flexibility index (Phi) is 6.57. The van der Waals surface area contributed by atoms with Crippen LogP contribution in [0, 0.1) is 20.8 Å². The zero-order valence-electron chi connectivity index (χ0n) is 17.5. The monoisotopic (exact) mass is 425 g/mol. The summed E-state index contributed by atoms with van der Waals surface area (Å²) in [5, 5.41) is 4.78. The van der Waals surface area contributed by atoms with Crippen LogP contribution in [0.25, 0.3) is 5.69 Å². The molecule has 3 aromatic rings. The van der Waals surface area contributed by atoms with Crippen LogP contribution in [0.1, 0.15) is 27.3 Å². The molecule has 2 aromatic carbocycles.